The highest BCUT2D eigenvalue weighted by Crippen LogP contribution is 2.50. The van der Waals surface area contributed by atoms with E-state index in [0.29, 0.717) is 29.1 Å². The van der Waals surface area contributed by atoms with Gasteiger partial charge in [-0.05, 0) is 75.3 Å². The van der Waals surface area contributed by atoms with Gasteiger partial charge in [-0.3, -0.25) is 4.79 Å². The second-order valence-corrected chi connectivity index (χ2v) is 9.66. The Bertz CT molecular complexity index is 785. The van der Waals surface area contributed by atoms with Gasteiger partial charge >= 0.3 is 5.97 Å². The van der Waals surface area contributed by atoms with E-state index < -0.39 is 16.0 Å². The van der Waals surface area contributed by atoms with Crippen molar-refractivity contribution in [1.82, 2.24) is 4.72 Å². The van der Waals surface area contributed by atoms with Gasteiger partial charge in [0.15, 0.2) is 0 Å². The Hall–Kier alpha value is -1.66. The summed E-state index contributed by atoms with van der Waals surface area (Å²) in [6, 6.07) is 6.99. The molecule has 1 aromatic rings. The van der Waals surface area contributed by atoms with Gasteiger partial charge < -0.3 is 5.11 Å². The fourth-order valence-corrected chi connectivity index (χ4v) is 6.00. The number of rotatable bonds is 9. The normalized spacial score (nSPS) is 27.4. The van der Waals surface area contributed by atoms with Gasteiger partial charge in [0.1, 0.15) is 0 Å². The van der Waals surface area contributed by atoms with Crippen molar-refractivity contribution in [2.45, 2.75) is 62.8 Å². The number of aliphatic carboxylic acids is 1. The number of carboxylic acids is 1. The molecule has 2 aliphatic carbocycles. The Morgan fingerprint density at radius 1 is 1.19 bits per heavy atom. The topological polar surface area (TPSA) is 83.5 Å². The summed E-state index contributed by atoms with van der Waals surface area (Å²) in [7, 11) is -3.50. The minimum Gasteiger partial charge on any atom is -0.481 e. The zero-order valence-corrected chi connectivity index (χ0v) is 16.6. The summed E-state index contributed by atoms with van der Waals surface area (Å²) in [6.07, 6.45) is 10.0. The molecule has 0 amide bonds. The molecule has 0 aliphatic heterocycles. The van der Waals surface area contributed by atoms with Crippen LogP contribution >= 0.6 is 0 Å². The van der Waals surface area contributed by atoms with Crippen LogP contribution in [0.3, 0.4) is 0 Å². The number of allylic oxidation sites excluding steroid dienone is 2. The van der Waals surface area contributed by atoms with E-state index >= 15 is 0 Å². The van der Waals surface area contributed by atoms with E-state index in [4.69, 9.17) is 5.11 Å². The van der Waals surface area contributed by atoms with E-state index in [1.807, 2.05) is 25.1 Å². The first-order chi connectivity index (χ1) is 12.9. The van der Waals surface area contributed by atoms with Crippen LogP contribution in [-0.4, -0.2) is 25.5 Å². The smallest absolute Gasteiger partial charge is 0.303 e. The Balaban J connectivity index is 1.62. The summed E-state index contributed by atoms with van der Waals surface area (Å²) in [4.78, 5) is 10.9. The van der Waals surface area contributed by atoms with Crippen LogP contribution in [0.1, 0.15) is 50.5 Å². The molecule has 2 aliphatic rings. The summed E-state index contributed by atoms with van der Waals surface area (Å²) < 4.78 is 28.6. The molecule has 0 aromatic heterocycles. The van der Waals surface area contributed by atoms with Crippen LogP contribution in [-0.2, 0) is 14.8 Å². The Morgan fingerprint density at radius 3 is 2.59 bits per heavy atom. The van der Waals surface area contributed by atoms with Crippen molar-refractivity contribution in [2.75, 3.05) is 0 Å². The van der Waals surface area contributed by atoms with E-state index in [2.05, 4.69) is 10.8 Å². The van der Waals surface area contributed by atoms with Crippen LogP contribution in [0.4, 0.5) is 0 Å². The first-order valence-corrected chi connectivity index (χ1v) is 11.3. The molecule has 4 atom stereocenters. The number of benzene rings is 1. The number of hydrogen-bond acceptors (Lipinski definition) is 3. The van der Waals surface area contributed by atoms with E-state index in [1.165, 1.54) is 6.42 Å². The molecule has 1 aromatic carbocycles. The molecule has 2 fully saturated rings. The Labute approximate surface area is 161 Å². The average Bonchev–Trinajstić information content (AvgIpc) is 3.20. The van der Waals surface area contributed by atoms with Gasteiger partial charge in [-0.1, -0.05) is 29.8 Å². The van der Waals surface area contributed by atoms with Crippen molar-refractivity contribution in [1.29, 1.82) is 0 Å². The molecule has 2 bridgehead atoms. The van der Waals surface area contributed by atoms with Gasteiger partial charge in [0.2, 0.25) is 10.0 Å². The first-order valence-electron chi connectivity index (χ1n) is 9.82. The quantitative estimate of drug-likeness (QED) is 0.494. The van der Waals surface area contributed by atoms with Crippen molar-refractivity contribution in [3.63, 3.8) is 0 Å². The monoisotopic (exact) mass is 391 g/mol. The maximum absolute atomic E-state index is 12.8. The largest absolute Gasteiger partial charge is 0.481 e. The number of sulfonamides is 1. The van der Waals surface area contributed by atoms with Crippen molar-refractivity contribution < 1.29 is 18.3 Å². The maximum atomic E-state index is 12.8. The zero-order chi connectivity index (χ0) is 19.4. The van der Waals surface area contributed by atoms with Gasteiger partial charge in [0.25, 0.3) is 0 Å². The lowest BCUT2D eigenvalue weighted by Gasteiger charge is -2.31. The van der Waals surface area contributed by atoms with Gasteiger partial charge in [0.05, 0.1) is 4.90 Å². The van der Waals surface area contributed by atoms with Crippen molar-refractivity contribution in [3.8, 4) is 0 Å². The molecule has 2 saturated carbocycles. The highest BCUT2D eigenvalue weighted by molar-refractivity contribution is 7.89. The lowest BCUT2D eigenvalue weighted by Crippen LogP contribution is -2.43. The fraction of sp³-hybridized carbons (Fsp3) is 0.571. The minimum absolute atomic E-state index is 0.00118. The van der Waals surface area contributed by atoms with Crippen LogP contribution < -0.4 is 4.72 Å². The molecule has 0 saturated heterocycles. The molecule has 0 radical (unpaired) electrons. The second kappa shape index (κ2) is 8.57. The van der Waals surface area contributed by atoms with Crippen LogP contribution in [0.2, 0.25) is 0 Å². The fourth-order valence-electron chi connectivity index (χ4n) is 4.64. The number of carboxylic acid groups (broad SMARTS) is 1. The molecule has 0 heterocycles. The highest BCUT2D eigenvalue weighted by atomic mass is 32.2. The van der Waals surface area contributed by atoms with Crippen molar-refractivity contribution in [3.05, 3.63) is 42.0 Å². The first kappa shape index (κ1) is 20.1. The highest BCUT2D eigenvalue weighted by Gasteiger charge is 2.48. The van der Waals surface area contributed by atoms with Crippen molar-refractivity contribution in [2.24, 2.45) is 17.8 Å². The number of hydrogen-bond donors (Lipinski definition) is 2. The van der Waals surface area contributed by atoms with Gasteiger partial charge in [-0.25, -0.2) is 13.1 Å². The predicted molar refractivity (Wildman–Crippen MR) is 105 cm³/mol. The molecular weight excluding hydrogens is 362 g/mol. The van der Waals surface area contributed by atoms with Crippen molar-refractivity contribution >= 4 is 16.0 Å². The molecule has 6 heteroatoms. The third-order valence-corrected chi connectivity index (χ3v) is 7.52. The SMILES string of the molecule is Cc1ccc(S(=O)(=O)NC2C3CCC(C3)C2CC=CCCCC(=O)O)cc1. The lowest BCUT2D eigenvalue weighted by atomic mass is 9.83. The average molecular weight is 392 g/mol. The molecular formula is C21H29NO4S. The summed E-state index contributed by atoms with van der Waals surface area (Å²) >= 11 is 0. The molecule has 4 unspecified atom stereocenters. The number of unbranched alkanes of at least 4 members (excludes halogenated alkanes) is 1. The van der Waals surface area contributed by atoms with Gasteiger partial charge in [-0.15, -0.1) is 0 Å². The van der Waals surface area contributed by atoms with E-state index in [9.17, 15) is 13.2 Å². The number of nitrogens with one attached hydrogen (secondary N) is 1. The number of fused-ring (bicyclic) bond motifs is 2. The van der Waals surface area contributed by atoms with E-state index in [0.717, 1.165) is 31.2 Å². The maximum Gasteiger partial charge on any atom is 0.303 e. The number of aryl methyl sites for hydroxylation is 1. The van der Waals surface area contributed by atoms with E-state index in [1.54, 1.807) is 12.1 Å². The summed E-state index contributed by atoms with van der Waals surface area (Å²) in [5, 5.41) is 8.68. The lowest BCUT2D eigenvalue weighted by molar-refractivity contribution is -0.137. The zero-order valence-electron chi connectivity index (χ0n) is 15.8. The van der Waals surface area contributed by atoms with Gasteiger partial charge in [0, 0.05) is 12.5 Å². The summed E-state index contributed by atoms with van der Waals surface area (Å²) in [5.74, 6) is 0.590. The number of carbonyl (C=O) groups is 1. The second-order valence-electron chi connectivity index (χ2n) is 7.95. The molecule has 2 N–H and O–H groups in total. The predicted octanol–water partition coefficient (Wildman–Crippen LogP) is 3.89. The molecule has 3 rings (SSSR count). The van der Waals surface area contributed by atoms with Crippen LogP contribution in [0.15, 0.2) is 41.3 Å². The molecule has 0 spiro atoms. The molecule has 148 valence electrons. The Morgan fingerprint density at radius 2 is 1.89 bits per heavy atom. The van der Waals surface area contributed by atoms with Crippen LogP contribution in [0.5, 0.6) is 0 Å². The van der Waals surface area contributed by atoms with Crippen LogP contribution in [0.25, 0.3) is 0 Å². The van der Waals surface area contributed by atoms with E-state index in [-0.39, 0.29) is 12.5 Å². The Kier molecular flexibility index (Phi) is 6.37. The summed E-state index contributed by atoms with van der Waals surface area (Å²) in [6.45, 7) is 1.94. The third-order valence-electron chi connectivity index (χ3n) is 6.05. The summed E-state index contributed by atoms with van der Waals surface area (Å²) in [5.41, 5.74) is 1.04. The standard InChI is InChI=1S/C21H29NO4S/c1-15-8-12-18(13-9-15)27(25,26)22-21-17-11-10-16(14-17)19(21)6-4-2-3-5-7-20(23)24/h2,4,8-9,12-13,16-17,19,21-22H,3,5-7,10-11,14H2,1H3,(H,23,24). The van der Waals surface area contributed by atoms with Crippen LogP contribution in [0, 0.1) is 24.7 Å². The minimum atomic E-state index is -3.50. The molecule has 27 heavy (non-hydrogen) atoms. The van der Waals surface area contributed by atoms with Gasteiger partial charge in [-0.2, -0.15) is 0 Å². The molecule has 5 nitrogen and oxygen atoms in total. The third kappa shape index (κ3) is 4.99.